The minimum Gasteiger partial charge on any atom is -0.301 e. The zero-order valence-electron chi connectivity index (χ0n) is 10.4. The molecule has 0 saturated heterocycles. The number of nitrogens with one attached hydrogen (secondary N) is 2. The standard InChI is InChI=1S/C11H12N4O2S2/c1-6-7(2)13-11(15-9(6)17)19-5-8(16)14-10-12-3-4-18-10/h3-4H,5H2,1-2H3,(H,12,14,16)(H,13,15,17). The van der Waals surface area contributed by atoms with E-state index in [-0.39, 0.29) is 17.2 Å². The normalized spacial score (nSPS) is 10.4. The molecular weight excluding hydrogens is 284 g/mol. The van der Waals surface area contributed by atoms with Crippen molar-refractivity contribution in [3.63, 3.8) is 0 Å². The second-order valence-electron chi connectivity index (χ2n) is 3.76. The van der Waals surface area contributed by atoms with Crippen LogP contribution in [-0.2, 0) is 4.79 Å². The van der Waals surface area contributed by atoms with Crippen LogP contribution >= 0.6 is 23.1 Å². The molecule has 19 heavy (non-hydrogen) atoms. The monoisotopic (exact) mass is 296 g/mol. The van der Waals surface area contributed by atoms with Gasteiger partial charge < -0.3 is 10.3 Å². The summed E-state index contributed by atoms with van der Waals surface area (Å²) in [5, 5.41) is 5.45. The number of carbonyl (C=O) groups excluding carboxylic acids is 1. The molecule has 0 aliphatic heterocycles. The van der Waals surface area contributed by atoms with Gasteiger partial charge in [0.25, 0.3) is 5.56 Å². The first-order chi connectivity index (χ1) is 9.06. The number of hydrogen-bond donors (Lipinski definition) is 2. The molecule has 6 nitrogen and oxygen atoms in total. The first-order valence-electron chi connectivity index (χ1n) is 5.46. The Labute approximate surface area is 117 Å². The van der Waals surface area contributed by atoms with Crippen molar-refractivity contribution in [3.05, 3.63) is 33.2 Å². The molecule has 1 amide bonds. The van der Waals surface area contributed by atoms with Crippen LogP contribution < -0.4 is 10.9 Å². The summed E-state index contributed by atoms with van der Waals surface area (Å²) in [5.74, 6) is -0.00814. The quantitative estimate of drug-likeness (QED) is 0.660. The zero-order valence-corrected chi connectivity index (χ0v) is 12.0. The van der Waals surface area contributed by atoms with E-state index in [1.807, 2.05) is 0 Å². The van der Waals surface area contributed by atoms with E-state index in [4.69, 9.17) is 0 Å². The Morgan fingerprint density at radius 3 is 2.95 bits per heavy atom. The Bertz CT molecular complexity index is 637. The number of amides is 1. The lowest BCUT2D eigenvalue weighted by Crippen LogP contribution is -2.17. The molecule has 2 aromatic rings. The van der Waals surface area contributed by atoms with Crippen LogP contribution in [0.15, 0.2) is 21.5 Å². The van der Waals surface area contributed by atoms with Crippen molar-refractivity contribution < 1.29 is 4.79 Å². The van der Waals surface area contributed by atoms with Gasteiger partial charge in [0, 0.05) is 22.8 Å². The van der Waals surface area contributed by atoms with E-state index < -0.39 is 0 Å². The molecule has 100 valence electrons. The highest BCUT2D eigenvalue weighted by Gasteiger charge is 2.08. The fourth-order valence-corrected chi connectivity index (χ4v) is 2.51. The van der Waals surface area contributed by atoms with Crippen molar-refractivity contribution in [2.24, 2.45) is 0 Å². The topological polar surface area (TPSA) is 87.7 Å². The number of thiazole rings is 1. The van der Waals surface area contributed by atoms with E-state index in [1.165, 1.54) is 23.1 Å². The molecule has 0 saturated carbocycles. The van der Waals surface area contributed by atoms with Gasteiger partial charge in [0.15, 0.2) is 10.3 Å². The fourth-order valence-electron chi connectivity index (χ4n) is 1.26. The number of anilines is 1. The van der Waals surface area contributed by atoms with Crippen molar-refractivity contribution in [2.75, 3.05) is 11.1 Å². The molecule has 0 radical (unpaired) electrons. The fraction of sp³-hybridized carbons (Fsp3) is 0.273. The summed E-state index contributed by atoms with van der Waals surface area (Å²) in [6, 6.07) is 0. The van der Waals surface area contributed by atoms with Gasteiger partial charge in [-0.2, -0.15) is 0 Å². The summed E-state index contributed by atoms with van der Waals surface area (Å²) < 4.78 is 0. The van der Waals surface area contributed by atoms with Gasteiger partial charge in [-0.25, -0.2) is 9.97 Å². The molecule has 0 fully saturated rings. The summed E-state index contributed by atoms with van der Waals surface area (Å²) in [7, 11) is 0. The maximum atomic E-state index is 11.6. The van der Waals surface area contributed by atoms with Crippen LogP contribution in [0.3, 0.4) is 0 Å². The SMILES string of the molecule is Cc1nc(SCC(=O)Nc2nccs2)[nH]c(=O)c1C. The van der Waals surface area contributed by atoms with Gasteiger partial charge in [-0.15, -0.1) is 11.3 Å². The van der Waals surface area contributed by atoms with Gasteiger partial charge in [0.1, 0.15) is 0 Å². The van der Waals surface area contributed by atoms with E-state index >= 15 is 0 Å². The predicted octanol–water partition coefficient (Wildman–Crippen LogP) is 1.57. The molecule has 2 rings (SSSR count). The van der Waals surface area contributed by atoms with E-state index in [0.717, 1.165) is 0 Å². The molecule has 0 aliphatic rings. The largest absolute Gasteiger partial charge is 0.301 e. The second-order valence-corrected chi connectivity index (χ2v) is 5.61. The maximum absolute atomic E-state index is 11.6. The molecular formula is C11H12N4O2S2. The first kappa shape index (κ1) is 13.8. The van der Waals surface area contributed by atoms with Crippen LogP contribution in [0.25, 0.3) is 0 Å². The van der Waals surface area contributed by atoms with Crippen molar-refractivity contribution in [2.45, 2.75) is 19.0 Å². The molecule has 0 aliphatic carbocycles. The van der Waals surface area contributed by atoms with Crippen molar-refractivity contribution in [1.29, 1.82) is 0 Å². The Hall–Kier alpha value is -1.67. The van der Waals surface area contributed by atoms with E-state index in [2.05, 4.69) is 20.3 Å². The summed E-state index contributed by atoms with van der Waals surface area (Å²) >= 11 is 2.54. The molecule has 0 aromatic carbocycles. The molecule has 2 heterocycles. The summed E-state index contributed by atoms with van der Waals surface area (Å²) in [6.45, 7) is 3.48. The van der Waals surface area contributed by atoms with Crippen LogP contribution in [0.4, 0.5) is 5.13 Å². The van der Waals surface area contributed by atoms with Gasteiger partial charge in [-0.3, -0.25) is 9.59 Å². The Balaban J connectivity index is 1.95. The minimum atomic E-state index is -0.180. The van der Waals surface area contributed by atoms with Gasteiger partial charge in [-0.05, 0) is 13.8 Å². The summed E-state index contributed by atoms with van der Waals surface area (Å²) in [6.07, 6.45) is 1.62. The molecule has 8 heteroatoms. The number of H-pyrrole nitrogens is 1. The van der Waals surface area contributed by atoms with Crippen molar-refractivity contribution >= 4 is 34.1 Å². The van der Waals surface area contributed by atoms with Crippen LogP contribution in [0.2, 0.25) is 0 Å². The molecule has 0 bridgehead atoms. The zero-order chi connectivity index (χ0) is 13.8. The first-order valence-corrected chi connectivity index (χ1v) is 7.32. The third-order valence-corrected chi connectivity index (χ3v) is 3.95. The Morgan fingerprint density at radius 1 is 1.53 bits per heavy atom. The third kappa shape index (κ3) is 3.65. The summed E-state index contributed by atoms with van der Waals surface area (Å²) in [4.78, 5) is 34.0. The highest BCUT2D eigenvalue weighted by molar-refractivity contribution is 7.99. The smallest absolute Gasteiger partial charge is 0.254 e. The number of carbonyl (C=O) groups is 1. The van der Waals surface area contributed by atoms with Crippen LogP contribution in [0.1, 0.15) is 11.3 Å². The summed E-state index contributed by atoms with van der Waals surface area (Å²) in [5.41, 5.74) is 1.10. The van der Waals surface area contributed by atoms with Crippen LogP contribution in [-0.4, -0.2) is 26.6 Å². The number of aryl methyl sites for hydroxylation is 1. The lowest BCUT2D eigenvalue weighted by Gasteiger charge is -2.03. The Kier molecular flexibility index (Phi) is 4.33. The van der Waals surface area contributed by atoms with Gasteiger partial charge in [0.2, 0.25) is 5.91 Å². The predicted molar refractivity (Wildman–Crippen MR) is 75.8 cm³/mol. The van der Waals surface area contributed by atoms with Gasteiger partial charge in [0.05, 0.1) is 5.75 Å². The van der Waals surface area contributed by atoms with E-state index in [0.29, 0.717) is 21.5 Å². The van der Waals surface area contributed by atoms with E-state index in [9.17, 15) is 9.59 Å². The average molecular weight is 296 g/mol. The lowest BCUT2D eigenvalue weighted by molar-refractivity contribution is -0.113. The number of rotatable bonds is 4. The highest BCUT2D eigenvalue weighted by atomic mass is 32.2. The molecule has 0 unspecified atom stereocenters. The molecule has 0 atom stereocenters. The van der Waals surface area contributed by atoms with E-state index in [1.54, 1.807) is 25.4 Å². The number of nitrogens with zero attached hydrogens (tertiary/aromatic N) is 2. The third-order valence-electron chi connectivity index (χ3n) is 2.39. The molecule has 2 aromatic heterocycles. The van der Waals surface area contributed by atoms with Crippen molar-refractivity contribution in [1.82, 2.24) is 15.0 Å². The van der Waals surface area contributed by atoms with Crippen LogP contribution in [0, 0.1) is 13.8 Å². The number of aromatic nitrogens is 3. The Morgan fingerprint density at radius 2 is 2.32 bits per heavy atom. The van der Waals surface area contributed by atoms with Crippen molar-refractivity contribution in [3.8, 4) is 0 Å². The van der Waals surface area contributed by atoms with Gasteiger partial charge in [-0.1, -0.05) is 11.8 Å². The number of hydrogen-bond acceptors (Lipinski definition) is 6. The highest BCUT2D eigenvalue weighted by Crippen LogP contribution is 2.14. The molecule has 2 N–H and O–H groups in total. The minimum absolute atomic E-state index is 0.171. The number of aromatic amines is 1. The average Bonchev–Trinajstić information content (AvgIpc) is 2.86. The second kappa shape index (κ2) is 5.98. The van der Waals surface area contributed by atoms with Gasteiger partial charge >= 0.3 is 0 Å². The maximum Gasteiger partial charge on any atom is 0.254 e. The lowest BCUT2D eigenvalue weighted by atomic mass is 10.3. The number of thioether (sulfide) groups is 1. The molecule has 0 spiro atoms. The van der Waals surface area contributed by atoms with Crippen LogP contribution in [0.5, 0.6) is 0 Å².